The number of carbonyl (C=O) groups excluding carboxylic acids is 4. The van der Waals surface area contributed by atoms with E-state index in [1.54, 1.807) is 5.32 Å². The molecule has 1 heterocycles. The number of nitrogens with zero attached hydrogens (tertiary/aromatic N) is 2. The lowest BCUT2D eigenvalue weighted by molar-refractivity contribution is 0.0956. The summed E-state index contributed by atoms with van der Waals surface area (Å²) < 4.78 is 27.5. The largest absolute Gasteiger partial charge is 0.351 e. The third-order valence-electron chi connectivity index (χ3n) is 4.46. The molecular formula is C21H15BrF2N6O5. The molecule has 6 amide bonds. The summed E-state index contributed by atoms with van der Waals surface area (Å²) in [5.74, 6) is -4.91. The Balaban J connectivity index is 1.74. The van der Waals surface area contributed by atoms with Gasteiger partial charge in [-0.2, -0.15) is 4.90 Å². The van der Waals surface area contributed by atoms with Crippen LogP contribution in [0.4, 0.5) is 30.0 Å². The molecule has 0 saturated heterocycles. The van der Waals surface area contributed by atoms with E-state index >= 15 is 0 Å². The van der Waals surface area contributed by atoms with Gasteiger partial charge < -0.3 is 11.1 Å². The average Bonchev–Trinajstić information content (AvgIpc) is 2.77. The second-order valence-corrected chi connectivity index (χ2v) is 7.64. The monoisotopic (exact) mass is 548 g/mol. The van der Waals surface area contributed by atoms with Crippen LogP contribution in [0.2, 0.25) is 0 Å². The number of halogens is 3. The Morgan fingerprint density at radius 1 is 1.06 bits per heavy atom. The van der Waals surface area contributed by atoms with E-state index in [9.17, 15) is 32.8 Å². The number of H-pyrrole nitrogens is 1. The molecule has 0 bridgehead atoms. The Morgan fingerprint density at radius 2 is 1.66 bits per heavy atom. The summed E-state index contributed by atoms with van der Waals surface area (Å²) in [5.41, 5.74) is 3.97. The Labute approximate surface area is 203 Å². The molecule has 3 rings (SSSR count). The number of carbonyl (C=O) groups is 4. The fourth-order valence-corrected chi connectivity index (χ4v) is 3.02. The number of nitrogens with two attached hydrogens (primary N) is 1. The van der Waals surface area contributed by atoms with Crippen LogP contribution >= 0.6 is 15.9 Å². The lowest BCUT2D eigenvalue weighted by Gasteiger charge is -2.17. The van der Waals surface area contributed by atoms with Gasteiger partial charge in [0.2, 0.25) is 5.95 Å². The van der Waals surface area contributed by atoms with E-state index in [0.717, 1.165) is 18.2 Å². The summed E-state index contributed by atoms with van der Waals surface area (Å²) in [7, 11) is 0. The maximum absolute atomic E-state index is 13.7. The van der Waals surface area contributed by atoms with Crippen LogP contribution in [0.1, 0.15) is 26.4 Å². The molecule has 2 aromatic carbocycles. The highest BCUT2D eigenvalue weighted by Gasteiger charge is 2.26. The molecule has 0 fully saturated rings. The van der Waals surface area contributed by atoms with Gasteiger partial charge in [-0.15, -0.1) is 0 Å². The van der Waals surface area contributed by atoms with Crippen LogP contribution in [0, 0.1) is 18.6 Å². The molecule has 3 aromatic rings. The molecule has 1 aromatic heterocycles. The third-order valence-corrected chi connectivity index (χ3v) is 5.39. The fourth-order valence-electron chi connectivity index (χ4n) is 2.83. The minimum atomic E-state index is -1.30. The Hall–Kier alpha value is -4.46. The maximum Gasteiger partial charge on any atom is 0.328 e. The van der Waals surface area contributed by atoms with Crippen LogP contribution in [0.5, 0.6) is 0 Å². The second-order valence-electron chi connectivity index (χ2n) is 6.85. The van der Waals surface area contributed by atoms with Crippen molar-refractivity contribution in [3.63, 3.8) is 0 Å². The lowest BCUT2D eigenvalue weighted by Crippen LogP contribution is -2.43. The number of amides is 6. The van der Waals surface area contributed by atoms with Crippen molar-refractivity contribution < 1.29 is 28.0 Å². The molecule has 0 radical (unpaired) electrons. The Morgan fingerprint density at radius 3 is 2.20 bits per heavy atom. The van der Waals surface area contributed by atoms with Gasteiger partial charge in [-0.05, 0) is 59.3 Å². The summed E-state index contributed by atoms with van der Waals surface area (Å²) in [4.78, 5) is 67.4. The van der Waals surface area contributed by atoms with Gasteiger partial charge in [-0.3, -0.25) is 24.7 Å². The van der Waals surface area contributed by atoms with Crippen molar-refractivity contribution in [2.45, 2.75) is 6.92 Å². The first-order valence-corrected chi connectivity index (χ1v) is 10.4. The zero-order valence-corrected chi connectivity index (χ0v) is 19.3. The molecular weight excluding hydrogens is 534 g/mol. The van der Waals surface area contributed by atoms with E-state index in [-0.39, 0.29) is 21.4 Å². The van der Waals surface area contributed by atoms with E-state index < -0.39 is 52.6 Å². The highest BCUT2D eigenvalue weighted by Crippen LogP contribution is 2.17. The van der Waals surface area contributed by atoms with E-state index in [2.05, 4.69) is 31.2 Å². The number of benzene rings is 2. The lowest BCUT2D eigenvalue weighted by atomic mass is 10.2. The number of primary amides is 1. The first-order valence-electron chi connectivity index (χ1n) is 9.56. The van der Waals surface area contributed by atoms with Gasteiger partial charge in [0.15, 0.2) is 0 Å². The number of hydrogen-bond donors (Lipinski definition) is 4. The second kappa shape index (κ2) is 10.2. The molecule has 0 unspecified atom stereocenters. The number of aromatic nitrogens is 2. The summed E-state index contributed by atoms with van der Waals surface area (Å²) >= 11 is 3.02. The predicted molar refractivity (Wildman–Crippen MR) is 123 cm³/mol. The third kappa shape index (κ3) is 5.55. The van der Waals surface area contributed by atoms with Crippen molar-refractivity contribution in [3.05, 3.63) is 85.7 Å². The normalized spacial score (nSPS) is 10.4. The van der Waals surface area contributed by atoms with Gasteiger partial charge in [-0.25, -0.2) is 23.4 Å². The first-order chi connectivity index (χ1) is 16.5. The molecule has 0 atom stereocenters. The van der Waals surface area contributed by atoms with Gasteiger partial charge in [0.05, 0.1) is 5.69 Å². The minimum Gasteiger partial charge on any atom is -0.351 e. The van der Waals surface area contributed by atoms with Crippen molar-refractivity contribution in [3.8, 4) is 0 Å². The van der Waals surface area contributed by atoms with Crippen molar-refractivity contribution in [1.29, 1.82) is 0 Å². The Kier molecular flexibility index (Phi) is 7.34. The number of rotatable bonds is 4. The molecule has 5 N–H and O–H groups in total. The molecule has 180 valence electrons. The fraction of sp³-hybridized carbons (Fsp3) is 0.0476. The number of aryl methyl sites for hydroxylation is 1. The number of urea groups is 2. The van der Waals surface area contributed by atoms with Crippen molar-refractivity contribution in [1.82, 2.24) is 15.3 Å². The van der Waals surface area contributed by atoms with Gasteiger partial charge in [0.25, 0.3) is 17.4 Å². The first kappa shape index (κ1) is 25.2. The number of nitrogens with one attached hydrogen (secondary N) is 3. The van der Waals surface area contributed by atoms with Crippen molar-refractivity contribution >= 4 is 51.4 Å². The van der Waals surface area contributed by atoms with Crippen LogP contribution < -0.4 is 26.8 Å². The van der Waals surface area contributed by atoms with Crippen LogP contribution in [-0.4, -0.2) is 33.8 Å². The zero-order chi connectivity index (χ0) is 25.9. The van der Waals surface area contributed by atoms with E-state index in [4.69, 9.17) is 5.73 Å². The summed E-state index contributed by atoms with van der Waals surface area (Å²) in [6.45, 7) is 1.48. The van der Waals surface area contributed by atoms with Gasteiger partial charge in [-0.1, -0.05) is 6.07 Å². The minimum absolute atomic E-state index is 0.0671. The molecule has 11 nitrogen and oxygen atoms in total. The number of aromatic amines is 1. The molecule has 0 aliphatic heterocycles. The molecule has 0 aliphatic rings. The number of hydrogen-bond acceptors (Lipinski definition) is 6. The summed E-state index contributed by atoms with van der Waals surface area (Å²) in [6.07, 6.45) is 0. The highest BCUT2D eigenvalue weighted by atomic mass is 79.9. The van der Waals surface area contributed by atoms with E-state index in [0.29, 0.717) is 4.90 Å². The summed E-state index contributed by atoms with van der Waals surface area (Å²) in [5, 5.41) is 4.04. The van der Waals surface area contributed by atoms with Gasteiger partial charge in [0, 0.05) is 11.3 Å². The molecule has 35 heavy (non-hydrogen) atoms. The molecule has 0 aliphatic carbocycles. The topological polar surface area (TPSA) is 167 Å². The van der Waals surface area contributed by atoms with Crippen LogP contribution in [-0.2, 0) is 0 Å². The molecule has 0 spiro atoms. The van der Waals surface area contributed by atoms with Crippen LogP contribution in [0.15, 0.2) is 51.7 Å². The molecule has 14 heteroatoms. The number of anilines is 2. The van der Waals surface area contributed by atoms with Gasteiger partial charge in [0.1, 0.15) is 21.7 Å². The smallest absolute Gasteiger partial charge is 0.328 e. The van der Waals surface area contributed by atoms with Gasteiger partial charge >= 0.3 is 12.1 Å². The van der Waals surface area contributed by atoms with Crippen molar-refractivity contribution in [2.75, 3.05) is 10.2 Å². The molecule has 0 saturated carbocycles. The van der Waals surface area contributed by atoms with Crippen LogP contribution in [0.25, 0.3) is 0 Å². The van der Waals surface area contributed by atoms with E-state index in [1.807, 2.05) is 0 Å². The highest BCUT2D eigenvalue weighted by molar-refractivity contribution is 9.10. The maximum atomic E-state index is 13.7. The van der Waals surface area contributed by atoms with E-state index in [1.165, 1.54) is 31.2 Å². The SMILES string of the molecule is Cc1nc(N(C(N)=O)C(=O)c2ccc(NC(=O)NC(=O)c3c(F)cccc3F)cc2)[nH]c(=O)c1Br. The standard InChI is InChI=1S/C21H15BrF2N6O5/c1-9-15(22)17(32)28-20(26-9)30(19(25)34)18(33)10-5-7-11(8-6-10)27-21(35)29-16(31)14-12(23)3-2-4-13(14)24/h2-8H,1H3,(H2,25,34)(H,26,28,32)(H2,27,29,31,35). The predicted octanol–water partition coefficient (Wildman–Crippen LogP) is 2.81. The zero-order valence-electron chi connectivity index (χ0n) is 17.7. The average molecular weight is 549 g/mol. The summed E-state index contributed by atoms with van der Waals surface area (Å²) in [6, 6.07) is 5.43. The quantitative estimate of drug-likeness (QED) is 0.391. The number of imide groups is 2. The van der Waals surface area contributed by atoms with Crippen LogP contribution in [0.3, 0.4) is 0 Å². The Bertz CT molecular complexity index is 1390. The van der Waals surface area contributed by atoms with Crippen molar-refractivity contribution in [2.24, 2.45) is 5.73 Å².